The second-order valence-electron chi connectivity index (χ2n) is 10.7. The Labute approximate surface area is 237 Å². The summed E-state index contributed by atoms with van der Waals surface area (Å²) >= 11 is 0. The van der Waals surface area contributed by atoms with Crippen molar-refractivity contribution in [2.45, 2.75) is 26.9 Å². The molecule has 2 aliphatic heterocycles. The number of ether oxygens (including phenoxy) is 2. The Hall–Kier alpha value is -4.98. The third-order valence-corrected chi connectivity index (χ3v) is 8.42. The van der Waals surface area contributed by atoms with Crippen LogP contribution in [0, 0.1) is 0 Å². The number of anilines is 4. The van der Waals surface area contributed by atoms with Crippen LogP contribution in [0.5, 0.6) is 11.5 Å². The topological polar surface area (TPSA) is 103 Å². The molecule has 8 nitrogen and oxygen atoms in total. The fourth-order valence-corrected chi connectivity index (χ4v) is 6.56. The number of rotatable bonds is 4. The first-order valence-corrected chi connectivity index (χ1v) is 14.1. The third-order valence-electron chi connectivity index (χ3n) is 8.42. The van der Waals surface area contributed by atoms with Gasteiger partial charge in [0.25, 0.3) is 0 Å². The second kappa shape index (κ2) is 8.76. The second-order valence-corrected chi connectivity index (χ2v) is 10.7. The van der Waals surface area contributed by atoms with Crippen LogP contribution in [0.4, 0.5) is 22.7 Å². The van der Waals surface area contributed by atoms with Gasteiger partial charge in [0.05, 0.1) is 53.3 Å². The first kappa shape index (κ1) is 23.9. The summed E-state index contributed by atoms with van der Waals surface area (Å²) in [6, 6.07) is 20.5. The normalized spacial score (nSPS) is 14.1. The predicted molar refractivity (Wildman–Crippen MR) is 167 cm³/mol. The van der Waals surface area contributed by atoms with Crippen molar-refractivity contribution >= 4 is 66.4 Å². The molecule has 4 heterocycles. The Bertz CT molecular complexity index is 1910. The molecule has 2 aliphatic rings. The number of benzene rings is 4. The lowest BCUT2D eigenvalue weighted by Gasteiger charge is -2.45. The number of nitrogens with zero attached hydrogens (tertiary/aromatic N) is 4. The largest absolute Gasteiger partial charge is 0.494 e. The molecule has 2 aromatic heterocycles. The highest BCUT2D eigenvalue weighted by Crippen LogP contribution is 2.45. The molecule has 0 atom stereocenters. The van der Waals surface area contributed by atoms with Crippen molar-refractivity contribution in [1.82, 2.24) is 9.97 Å². The summed E-state index contributed by atoms with van der Waals surface area (Å²) in [6.45, 7) is 7.44. The summed E-state index contributed by atoms with van der Waals surface area (Å²) in [5.74, 6) is 1.61. The minimum Gasteiger partial charge on any atom is -0.494 e. The third kappa shape index (κ3) is 3.46. The first-order valence-electron chi connectivity index (χ1n) is 14.1. The monoisotopic (exact) mass is 542 g/mol. The van der Waals surface area contributed by atoms with E-state index >= 15 is 0 Å². The molecule has 4 aromatic carbocycles. The predicted octanol–water partition coefficient (Wildman–Crippen LogP) is 6.35. The Morgan fingerprint density at radius 2 is 1.10 bits per heavy atom. The van der Waals surface area contributed by atoms with Crippen LogP contribution >= 0.6 is 0 Å². The van der Waals surface area contributed by atoms with Gasteiger partial charge in [-0.3, -0.25) is 0 Å². The van der Waals surface area contributed by atoms with Crippen molar-refractivity contribution in [2.75, 3.05) is 41.1 Å². The molecule has 8 heteroatoms. The molecule has 0 aliphatic carbocycles. The highest BCUT2D eigenvalue weighted by Gasteiger charge is 2.33. The van der Waals surface area contributed by atoms with E-state index in [1.165, 1.54) is 22.5 Å². The van der Waals surface area contributed by atoms with Crippen molar-refractivity contribution in [3.8, 4) is 11.5 Å². The number of nitrogen functional groups attached to an aromatic ring is 2. The summed E-state index contributed by atoms with van der Waals surface area (Å²) in [7, 11) is 0. The Kier molecular flexibility index (Phi) is 5.10. The van der Waals surface area contributed by atoms with Gasteiger partial charge in [-0.1, -0.05) is 0 Å². The van der Waals surface area contributed by atoms with Crippen molar-refractivity contribution in [1.29, 1.82) is 0 Å². The number of aromatic nitrogens is 2. The lowest BCUT2D eigenvalue weighted by molar-refractivity contribution is 0.340. The summed E-state index contributed by atoms with van der Waals surface area (Å²) in [6.07, 6.45) is 0. The van der Waals surface area contributed by atoms with Gasteiger partial charge in [0.15, 0.2) is 0 Å². The minimum atomic E-state index is 0.607. The van der Waals surface area contributed by atoms with Crippen molar-refractivity contribution < 1.29 is 9.47 Å². The molecule has 41 heavy (non-hydrogen) atoms. The molecule has 8 rings (SSSR count). The zero-order valence-corrected chi connectivity index (χ0v) is 23.1. The zero-order valence-electron chi connectivity index (χ0n) is 23.1. The lowest BCUT2D eigenvalue weighted by atomic mass is 9.95. The average Bonchev–Trinajstić information content (AvgIpc) is 2.98. The molecule has 0 saturated carbocycles. The molecule has 204 valence electrons. The van der Waals surface area contributed by atoms with Gasteiger partial charge in [0.2, 0.25) is 0 Å². The van der Waals surface area contributed by atoms with E-state index in [1.807, 2.05) is 50.2 Å². The van der Waals surface area contributed by atoms with E-state index < -0.39 is 0 Å². The summed E-state index contributed by atoms with van der Waals surface area (Å²) in [5.41, 5.74) is 23.4. The van der Waals surface area contributed by atoms with E-state index in [-0.39, 0.29) is 0 Å². The van der Waals surface area contributed by atoms with E-state index in [4.69, 9.17) is 30.9 Å². The van der Waals surface area contributed by atoms with Gasteiger partial charge in [-0.25, -0.2) is 9.97 Å². The van der Waals surface area contributed by atoms with Crippen LogP contribution in [0.25, 0.3) is 43.6 Å². The van der Waals surface area contributed by atoms with Crippen LogP contribution in [-0.2, 0) is 13.1 Å². The van der Waals surface area contributed by atoms with Gasteiger partial charge in [-0.15, -0.1) is 0 Å². The van der Waals surface area contributed by atoms with Gasteiger partial charge in [-0.05, 0) is 74.5 Å². The van der Waals surface area contributed by atoms with Crippen LogP contribution in [0.1, 0.15) is 25.0 Å². The van der Waals surface area contributed by atoms with Crippen LogP contribution in [-0.4, -0.2) is 29.9 Å². The molecular weight excluding hydrogens is 512 g/mol. The van der Waals surface area contributed by atoms with Crippen LogP contribution in [0.2, 0.25) is 0 Å². The zero-order chi connectivity index (χ0) is 27.8. The smallest absolute Gasteiger partial charge is 0.120 e. The molecule has 0 radical (unpaired) electrons. The summed E-state index contributed by atoms with van der Waals surface area (Å²) < 4.78 is 11.4. The van der Waals surface area contributed by atoms with E-state index in [9.17, 15) is 0 Å². The standard InChI is InChI=1S/C33H30N6O2/c1-3-40-18-5-9-26-22(13-18)30(34)20-7-11-28-24(32(20)36-26)15-38-17-39(28)16-25-29(38)12-8-21-31(35)23-14-19(41-4-2)6-10-27(23)37-33(21)25/h5-14H,3-4,15-17H2,1-2H3,(H2,34,36)(H2,35,37). The van der Waals surface area contributed by atoms with Crippen LogP contribution < -0.4 is 30.7 Å². The molecule has 4 N–H and O–H groups in total. The molecule has 0 amide bonds. The Morgan fingerprint density at radius 1 is 0.634 bits per heavy atom. The van der Waals surface area contributed by atoms with Crippen LogP contribution in [0.15, 0.2) is 60.7 Å². The maximum atomic E-state index is 6.74. The van der Waals surface area contributed by atoms with Crippen molar-refractivity contribution in [2.24, 2.45) is 0 Å². The SMILES string of the molecule is CCOc1ccc2nc3c4c(ccc3c(N)c2c1)N1Cc2c(ccc3c(N)c5cc(OCC)ccc5nc23)N(C4)C1. The molecule has 0 spiro atoms. The number of fused-ring (bicyclic) bond motifs is 12. The summed E-state index contributed by atoms with van der Waals surface area (Å²) in [5, 5.41) is 3.78. The van der Waals surface area contributed by atoms with Gasteiger partial charge in [-0.2, -0.15) is 0 Å². The number of nitrogens with two attached hydrogens (primary N) is 2. The molecular formula is C33H30N6O2. The quantitative estimate of drug-likeness (QED) is 0.249. The number of hydrogen-bond donors (Lipinski definition) is 2. The fourth-order valence-electron chi connectivity index (χ4n) is 6.56. The molecule has 2 bridgehead atoms. The lowest BCUT2D eigenvalue weighted by Crippen LogP contribution is -2.46. The summed E-state index contributed by atoms with van der Waals surface area (Å²) in [4.78, 5) is 15.1. The maximum Gasteiger partial charge on any atom is 0.120 e. The van der Waals surface area contributed by atoms with Crippen LogP contribution in [0.3, 0.4) is 0 Å². The van der Waals surface area contributed by atoms with Gasteiger partial charge in [0, 0.05) is 57.1 Å². The fraction of sp³-hybridized carbons (Fsp3) is 0.212. The van der Waals surface area contributed by atoms with Gasteiger partial charge < -0.3 is 30.7 Å². The highest BCUT2D eigenvalue weighted by atomic mass is 16.5. The number of pyridine rings is 2. The first-order chi connectivity index (χ1) is 20.0. The Balaban J connectivity index is 1.26. The van der Waals surface area contributed by atoms with Gasteiger partial charge >= 0.3 is 0 Å². The molecule has 6 aromatic rings. The van der Waals surface area contributed by atoms with E-state index in [2.05, 4.69) is 34.1 Å². The molecule has 0 saturated heterocycles. The molecule has 0 unspecified atom stereocenters. The maximum absolute atomic E-state index is 6.74. The minimum absolute atomic E-state index is 0.607. The van der Waals surface area contributed by atoms with E-state index in [1.54, 1.807) is 0 Å². The van der Waals surface area contributed by atoms with E-state index in [0.29, 0.717) is 13.2 Å². The van der Waals surface area contributed by atoms with Gasteiger partial charge in [0.1, 0.15) is 11.5 Å². The molecule has 0 fully saturated rings. The van der Waals surface area contributed by atoms with E-state index in [0.717, 1.165) is 86.2 Å². The van der Waals surface area contributed by atoms with Crippen molar-refractivity contribution in [3.63, 3.8) is 0 Å². The average molecular weight is 543 g/mol. The number of hydrogen-bond acceptors (Lipinski definition) is 8. The Morgan fingerprint density at radius 3 is 1.54 bits per heavy atom. The van der Waals surface area contributed by atoms with Crippen molar-refractivity contribution in [3.05, 3.63) is 71.8 Å². The highest BCUT2D eigenvalue weighted by molar-refractivity contribution is 6.10.